The molecule has 0 saturated carbocycles. The van der Waals surface area contributed by atoms with Gasteiger partial charge in [-0.3, -0.25) is 0 Å². The molecule has 3 heterocycles. The number of sulfonamides is 1. The maximum absolute atomic E-state index is 12.8. The van der Waals surface area contributed by atoms with E-state index in [0.717, 1.165) is 34.9 Å². The van der Waals surface area contributed by atoms with Crippen LogP contribution in [0, 0.1) is 6.92 Å². The van der Waals surface area contributed by atoms with E-state index in [1.165, 1.54) is 27.7 Å². The van der Waals surface area contributed by atoms with Crippen molar-refractivity contribution in [3.8, 4) is 0 Å². The normalized spacial score (nSPS) is 17.8. The van der Waals surface area contributed by atoms with Gasteiger partial charge in [-0.25, -0.2) is 18.4 Å². The van der Waals surface area contributed by atoms with E-state index in [1.807, 2.05) is 37.3 Å². The average Bonchev–Trinajstić information content (AvgIpc) is 3.33. The molecule has 0 atom stereocenters. The van der Waals surface area contributed by atoms with E-state index in [0.29, 0.717) is 26.2 Å². The van der Waals surface area contributed by atoms with Crippen LogP contribution in [0.15, 0.2) is 35.7 Å². The van der Waals surface area contributed by atoms with Crippen molar-refractivity contribution < 1.29 is 8.42 Å². The third kappa shape index (κ3) is 3.64. The van der Waals surface area contributed by atoms with Crippen molar-refractivity contribution in [2.24, 2.45) is 0 Å². The van der Waals surface area contributed by atoms with Gasteiger partial charge in [-0.05, 0) is 43.4 Å². The van der Waals surface area contributed by atoms with E-state index in [2.05, 4.69) is 9.88 Å². The van der Waals surface area contributed by atoms with E-state index in [9.17, 15) is 8.42 Å². The lowest BCUT2D eigenvalue weighted by Crippen LogP contribution is -2.48. The van der Waals surface area contributed by atoms with Gasteiger partial charge in [0.1, 0.15) is 16.5 Å². The molecule has 2 aromatic heterocycles. The van der Waals surface area contributed by atoms with Crippen molar-refractivity contribution >= 4 is 43.5 Å². The Morgan fingerprint density at radius 3 is 2.57 bits per heavy atom. The molecule has 1 fully saturated rings. The predicted octanol–water partition coefficient (Wildman–Crippen LogP) is 3.61. The van der Waals surface area contributed by atoms with Crippen molar-refractivity contribution in [2.75, 3.05) is 31.1 Å². The van der Waals surface area contributed by atoms with Gasteiger partial charge in [-0.2, -0.15) is 4.31 Å². The first-order valence-corrected chi connectivity index (χ1v) is 12.6. The summed E-state index contributed by atoms with van der Waals surface area (Å²) in [5.74, 6) is 1.76. The van der Waals surface area contributed by atoms with Crippen LogP contribution in [0.3, 0.4) is 0 Å². The van der Waals surface area contributed by atoms with Crippen molar-refractivity contribution in [3.05, 3.63) is 57.6 Å². The Bertz CT molecular complexity index is 1210. The Labute approximate surface area is 180 Å². The zero-order valence-electron chi connectivity index (χ0n) is 16.9. The molecule has 6 nitrogen and oxygen atoms in total. The number of hydrogen-bond acceptors (Lipinski definition) is 6. The fourth-order valence-corrected chi connectivity index (χ4v) is 6.75. The number of fused-ring (bicyclic) bond motifs is 3. The minimum atomic E-state index is -3.44. The van der Waals surface area contributed by atoms with Gasteiger partial charge in [0.2, 0.25) is 10.0 Å². The third-order valence-corrected chi connectivity index (χ3v) is 8.54. The zero-order chi connectivity index (χ0) is 20.7. The van der Waals surface area contributed by atoms with Gasteiger partial charge in [0.15, 0.2) is 0 Å². The van der Waals surface area contributed by atoms with Gasteiger partial charge < -0.3 is 4.90 Å². The molecule has 30 heavy (non-hydrogen) atoms. The van der Waals surface area contributed by atoms with Gasteiger partial charge in [-0.15, -0.1) is 11.3 Å². The third-order valence-electron chi connectivity index (χ3n) is 5.79. The first kappa shape index (κ1) is 19.7. The van der Waals surface area contributed by atoms with E-state index >= 15 is 0 Å². The minimum Gasteiger partial charge on any atom is -0.353 e. The standard InChI is InChI=1S/C22H24N4O2S2/c1-16-23-21(20-18-8-5-9-19(18)29-22(20)24-16)25-11-13-26(14-12-25)30(27,28)15-10-17-6-3-2-4-7-17/h2-4,6-7,10,15H,5,8-9,11-14H2,1H3/b15-10+. The molecule has 1 aromatic carbocycles. The fraction of sp³-hybridized carbons (Fsp3) is 0.364. The Morgan fingerprint density at radius 1 is 1.03 bits per heavy atom. The van der Waals surface area contributed by atoms with Crippen LogP contribution in [0.4, 0.5) is 5.82 Å². The second kappa shape index (κ2) is 7.76. The molecular weight excluding hydrogens is 416 g/mol. The number of piperazine rings is 1. The Morgan fingerprint density at radius 2 is 1.80 bits per heavy atom. The van der Waals surface area contributed by atoms with E-state index < -0.39 is 10.0 Å². The summed E-state index contributed by atoms with van der Waals surface area (Å²) in [5.41, 5.74) is 2.29. The first-order chi connectivity index (χ1) is 14.5. The monoisotopic (exact) mass is 440 g/mol. The number of thiophene rings is 1. The Balaban J connectivity index is 1.36. The van der Waals surface area contributed by atoms with Crippen LogP contribution in [0.5, 0.6) is 0 Å². The highest BCUT2D eigenvalue weighted by Crippen LogP contribution is 2.40. The number of hydrogen-bond donors (Lipinski definition) is 0. The van der Waals surface area contributed by atoms with Gasteiger partial charge >= 0.3 is 0 Å². The van der Waals surface area contributed by atoms with Crippen molar-refractivity contribution in [3.63, 3.8) is 0 Å². The number of aryl methyl sites for hydroxylation is 3. The van der Waals surface area contributed by atoms with Crippen LogP contribution in [0.2, 0.25) is 0 Å². The molecule has 0 unspecified atom stereocenters. The van der Waals surface area contributed by atoms with Crippen LogP contribution < -0.4 is 4.90 Å². The van der Waals surface area contributed by atoms with Gasteiger partial charge in [-0.1, -0.05) is 30.3 Å². The number of aromatic nitrogens is 2. The van der Waals surface area contributed by atoms with Crippen LogP contribution in [-0.2, 0) is 22.9 Å². The second-order valence-electron chi connectivity index (χ2n) is 7.78. The number of benzene rings is 1. The number of anilines is 1. The van der Waals surface area contributed by atoms with Crippen LogP contribution in [0.25, 0.3) is 16.3 Å². The highest BCUT2D eigenvalue weighted by molar-refractivity contribution is 7.92. The zero-order valence-corrected chi connectivity index (χ0v) is 18.5. The van der Waals surface area contributed by atoms with E-state index in [-0.39, 0.29) is 0 Å². The molecule has 156 valence electrons. The molecule has 8 heteroatoms. The molecule has 5 rings (SSSR count). The maximum Gasteiger partial charge on any atom is 0.236 e. The van der Waals surface area contributed by atoms with E-state index in [4.69, 9.17) is 4.98 Å². The summed E-state index contributed by atoms with van der Waals surface area (Å²) in [6.45, 7) is 4.11. The lowest BCUT2D eigenvalue weighted by molar-refractivity contribution is 0.389. The van der Waals surface area contributed by atoms with Crippen LogP contribution in [-0.4, -0.2) is 48.9 Å². The SMILES string of the molecule is Cc1nc(N2CCN(S(=O)(=O)/C=C/c3ccccc3)CC2)c2c3c(sc2n1)CCC3. The van der Waals surface area contributed by atoms with Gasteiger partial charge in [0, 0.05) is 36.5 Å². The summed E-state index contributed by atoms with van der Waals surface area (Å²) in [7, 11) is -3.44. The summed E-state index contributed by atoms with van der Waals surface area (Å²) in [6, 6.07) is 9.51. The molecule has 2 aliphatic rings. The molecule has 0 amide bonds. The Kier molecular flexibility index (Phi) is 5.08. The molecule has 0 bridgehead atoms. The molecule has 0 radical (unpaired) electrons. The summed E-state index contributed by atoms with van der Waals surface area (Å²) >= 11 is 1.79. The molecule has 0 N–H and O–H groups in total. The molecule has 3 aromatic rings. The summed E-state index contributed by atoms with van der Waals surface area (Å²) < 4.78 is 27.1. The quantitative estimate of drug-likeness (QED) is 0.620. The van der Waals surface area contributed by atoms with Crippen LogP contribution in [0.1, 0.15) is 28.2 Å². The van der Waals surface area contributed by atoms with Crippen molar-refractivity contribution in [2.45, 2.75) is 26.2 Å². The predicted molar refractivity (Wildman–Crippen MR) is 122 cm³/mol. The summed E-state index contributed by atoms with van der Waals surface area (Å²) in [6.07, 6.45) is 5.08. The number of nitrogens with zero attached hydrogens (tertiary/aromatic N) is 4. The first-order valence-electron chi connectivity index (χ1n) is 10.3. The smallest absolute Gasteiger partial charge is 0.236 e. The maximum atomic E-state index is 12.8. The fourth-order valence-electron chi connectivity index (χ4n) is 4.28. The van der Waals surface area contributed by atoms with Crippen LogP contribution >= 0.6 is 11.3 Å². The lowest BCUT2D eigenvalue weighted by atomic mass is 10.1. The van der Waals surface area contributed by atoms with Crippen molar-refractivity contribution in [1.29, 1.82) is 0 Å². The largest absolute Gasteiger partial charge is 0.353 e. The Hall–Kier alpha value is -2.29. The summed E-state index contributed by atoms with van der Waals surface area (Å²) in [4.78, 5) is 14.2. The van der Waals surface area contributed by atoms with E-state index in [1.54, 1.807) is 21.7 Å². The van der Waals surface area contributed by atoms with Gasteiger partial charge in [0.05, 0.1) is 5.39 Å². The topological polar surface area (TPSA) is 66.4 Å². The molecular formula is C22H24N4O2S2. The highest BCUT2D eigenvalue weighted by atomic mass is 32.2. The summed E-state index contributed by atoms with van der Waals surface area (Å²) in [5, 5.41) is 2.51. The highest BCUT2D eigenvalue weighted by Gasteiger charge is 2.29. The minimum absolute atomic E-state index is 0.457. The van der Waals surface area contributed by atoms with Crippen molar-refractivity contribution in [1.82, 2.24) is 14.3 Å². The molecule has 1 aliphatic heterocycles. The average molecular weight is 441 g/mol. The second-order valence-corrected chi connectivity index (χ2v) is 10.7. The molecule has 1 aliphatic carbocycles. The molecule has 1 saturated heterocycles. The molecule has 0 spiro atoms. The lowest BCUT2D eigenvalue weighted by Gasteiger charge is -2.34. The number of rotatable bonds is 4. The van der Waals surface area contributed by atoms with Gasteiger partial charge in [0.25, 0.3) is 0 Å².